The Kier molecular flexibility index (Phi) is 2.84. The van der Waals surface area contributed by atoms with Crippen molar-refractivity contribution in [3.63, 3.8) is 0 Å². The van der Waals surface area contributed by atoms with E-state index in [9.17, 15) is 5.11 Å². The predicted molar refractivity (Wildman–Crippen MR) is 63.6 cm³/mol. The summed E-state index contributed by atoms with van der Waals surface area (Å²) in [6.45, 7) is 1.87. The van der Waals surface area contributed by atoms with Crippen LogP contribution in [0.3, 0.4) is 0 Å². The van der Waals surface area contributed by atoms with E-state index in [-0.39, 0.29) is 5.88 Å². The summed E-state index contributed by atoms with van der Waals surface area (Å²) in [6, 6.07) is 9.42. The van der Waals surface area contributed by atoms with Crippen LogP contribution in [0.1, 0.15) is 22.4 Å². The van der Waals surface area contributed by atoms with E-state index in [4.69, 9.17) is 5.26 Å². The van der Waals surface area contributed by atoms with Crippen molar-refractivity contribution in [1.29, 1.82) is 5.26 Å². The summed E-state index contributed by atoms with van der Waals surface area (Å²) in [5.74, 6) is 0.201. The fraction of sp³-hybridized carbons (Fsp3) is 0.231. The first-order valence-corrected chi connectivity index (χ1v) is 5.32. The number of hydrogen-bond acceptors (Lipinski definition) is 3. The molecule has 86 valence electrons. The molecule has 0 saturated heterocycles. The van der Waals surface area contributed by atoms with Gasteiger partial charge in [-0.15, -0.1) is 0 Å². The normalized spacial score (nSPS) is 10.2. The minimum atomic E-state index is 0.201. The van der Waals surface area contributed by atoms with Crippen LogP contribution in [0, 0.1) is 18.3 Å². The van der Waals surface area contributed by atoms with E-state index in [1.807, 2.05) is 19.1 Å². The Balaban J connectivity index is 2.29. The third kappa shape index (κ3) is 2.13. The molecule has 0 saturated carbocycles. The smallest absolute Gasteiger partial charge is 0.212 e. The van der Waals surface area contributed by atoms with Crippen LogP contribution >= 0.6 is 0 Å². The average molecular weight is 227 g/mol. The van der Waals surface area contributed by atoms with Crippen molar-refractivity contribution in [3.8, 4) is 11.9 Å². The lowest BCUT2D eigenvalue weighted by Gasteiger charge is -2.01. The summed E-state index contributed by atoms with van der Waals surface area (Å²) < 4.78 is 1.47. The summed E-state index contributed by atoms with van der Waals surface area (Å²) in [4.78, 5) is 0. The van der Waals surface area contributed by atoms with Gasteiger partial charge in [0.05, 0.1) is 17.3 Å². The van der Waals surface area contributed by atoms with Crippen molar-refractivity contribution < 1.29 is 5.11 Å². The van der Waals surface area contributed by atoms with Gasteiger partial charge in [-0.1, -0.05) is 12.1 Å². The molecule has 0 amide bonds. The van der Waals surface area contributed by atoms with Gasteiger partial charge in [0.1, 0.15) is 0 Å². The van der Waals surface area contributed by atoms with E-state index in [1.165, 1.54) is 4.68 Å². The number of benzene rings is 1. The van der Waals surface area contributed by atoms with E-state index in [0.29, 0.717) is 12.0 Å². The van der Waals surface area contributed by atoms with Crippen molar-refractivity contribution in [2.75, 3.05) is 0 Å². The van der Waals surface area contributed by atoms with Gasteiger partial charge in [0.2, 0.25) is 5.88 Å². The zero-order chi connectivity index (χ0) is 12.4. The summed E-state index contributed by atoms with van der Waals surface area (Å²) in [5.41, 5.74) is 3.35. The molecule has 1 aromatic heterocycles. The molecule has 17 heavy (non-hydrogen) atoms. The number of nitrogens with zero attached hydrogens (tertiary/aromatic N) is 3. The van der Waals surface area contributed by atoms with Crippen molar-refractivity contribution >= 4 is 0 Å². The highest BCUT2D eigenvalue weighted by molar-refractivity contribution is 5.38. The Hall–Kier alpha value is -2.28. The van der Waals surface area contributed by atoms with E-state index in [0.717, 1.165) is 16.8 Å². The van der Waals surface area contributed by atoms with Gasteiger partial charge < -0.3 is 5.11 Å². The second-order valence-corrected chi connectivity index (χ2v) is 4.00. The van der Waals surface area contributed by atoms with Crippen molar-refractivity contribution in [1.82, 2.24) is 9.78 Å². The highest BCUT2D eigenvalue weighted by Crippen LogP contribution is 2.22. The van der Waals surface area contributed by atoms with Gasteiger partial charge in [-0.2, -0.15) is 10.4 Å². The molecule has 0 spiro atoms. The lowest BCUT2D eigenvalue weighted by molar-refractivity contribution is 0.415. The van der Waals surface area contributed by atoms with Crippen molar-refractivity contribution in [2.24, 2.45) is 7.05 Å². The number of rotatable bonds is 2. The Morgan fingerprint density at radius 1 is 1.35 bits per heavy atom. The molecule has 1 heterocycles. The number of aromatic hydroxyl groups is 1. The Morgan fingerprint density at radius 2 is 2.00 bits per heavy atom. The van der Waals surface area contributed by atoms with Gasteiger partial charge in [-0.05, 0) is 24.6 Å². The summed E-state index contributed by atoms with van der Waals surface area (Å²) >= 11 is 0. The zero-order valence-electron chi connectivity index (χ0n) is 9.81. The molecule has 0 unspecified atom stereocenters. The fourth-order valence-corrected chi connectivity index (χ4v) is 1.80. The van der Waals surface area contributed by atoms with Crippen molar-refractivity contribution in [2.45, 2.75) is 13.3 Å². The first kappa shape index (κ1) is 11.2. The monoisotopic (exact) mass is 227 g/mol. The molecular formula is C13H13N3O. The van der Waals surface area contributed by atoms with Crippen LogP contribution in [0.2, 0.25) is 0 Å². The SMILES string of the molecule is Cc1nn(C)c(O)c1Cc1ccc(C#N)cc1. The molecule has 2 rings (SSSR count). The van der Waals surface area contributed by atoms with Gasteiger partial charge >= 0.3 is 0 Å². The Bertz CT molecular complexity index is 576. The van der Waals surface area contributed by atoms with E-state index >= 15 is 0 Å². The fourth-order valence-electron chi connectivity index (χ4n) is 1.80. The Morgan fingerprint density at radius 3 is 2.47 bits per heavy atom. The summed E-state index contributed by atoms with van der Waals surface area (Å²) in [7, 11) is 1.71. The molecule has 0 aliphatic heterocycles. The second kappa shape index (κ2) is 4.30. The summed E-state index contributed by atoms with van der Waals surface area (Å²) in [6.07, 6.45) is 0.622. The van der Waals surface area contributed by atoms with Crippen LogP contribution < -0.4 is 0 Å². The lowest BCUT2D eigenvalue weighted by atomic mass is 10.0. The maximum Gasteiger partial charge on any atom is 0.212 e. The average Bonchev–Trinajstić information content (AvgIpc) is 2.57. The summed E-state index contributed by atoms with van der Waals surface area (Å²) in [5, 5.41) is 22.7. The first-order valence-electron chi connectivity index (χ1n) is 5.32. The highest BCUT2D eigenvalue weighted by Gasteiger charge is 2.12. The van der Waals surface area contributed by atoms with Crippen LogP contribution in [0.25, 0.3) is 0 Å². The van der Waals surface area contributed by atoms with Crippen LogP contribution in [0.5, 0.6) is 5.88 Å². The third-order valence-corrected chi connectivity index (χ3v) is 2.78. The van der Waals surface area contributed by atoms with E-state index in [2.05, 4.69) is 11.2 Å². The minimum Gasteiger partial charge on any atom is -0.493 e. The number of aryl methyl sites for hydroxylation is 2. The highest BCUT2D eigenvalue weighted by atomic mass is 16.3. The minimum absolute atomic E-state index is 0.201. The van der Waals surface area contributed by atoms with Gasteiger partial charge in [-0.25, -0.2) is 4.68 Å². The number of aromatic nitrogens is 2. The maximum atomic E-state index is 9.83. The molecule has 0 atom stereocenters. The van der Waals surface area contributed by atoms with Crippen LogP contribution in [-0.2, 0) is 13.5 Å². The van der Waals surface area contributed by atoms with Gasteiger partial charge in [0, 0.05) is 19.0 Å². The maximum absolute atomic E-state index is 9.83. The molecular weight excluding hydrogens is 214 g/mol. The van der Waals surface area contributed by atoms with Crippen LogP contribution in [-0.4, -0.2) is 14.9 Å². The predicted octanol–water partition coefficient (Wildman–Crippen LogP) is 1.90. The lowest BCUT2D eigenvalue weighted by Crippen LogP contribution is -1.90. The van der Waals surface area contributed by atoms with Gasteiger partial charge in [0.15, 0.2) is 0 Å². The topological polar surface area (TPSA) is 61.8 Å². The van der Waals surface area contributed by atoms with Crippen molar-refractivity contribution in [3.05, 3.63) is 46.6 Å². The third-order valence-electron chi connectivity index (χ3n) is 2.78. The Labute approximate surface area is 99.7 Å². The van der Waals surface area contributed by atoms with E-state index in [1.54, 1.807) is 19.2 Å². The molecule has 0 radical (unpaired) electrons. The van der Waals surface area contributed by atoms with Gasteiger partial charge in [-0.3, -0.25) is 0 Å². The second-order valence-electron chi connectivity index (χ2n) is 4.00. The molecule has 1 aromatic carbocycles. The largest absolute Gasteiger partial charge is 0.493 e. The van der Waals surface area contributed by atoms with Crippen LogP contribution in [0.15, 0.2) is 24.3 Å². The molecule has 2 aromatic rings. The first-order chi connectivity index (χ1) is 8.11. The number of hydrogen-bond donors (Lipinski definition) is 1. The van der Waals surface area contributed by atoms with Gasteiger partial charge in [0.25, 0.3) is 0 Å². The molecule has 0 aliphatic carbocycles. The quantitative estimate of drug-likeness (QED) is 0.852. The molecule has 4 heteroatoms. The molecule has 0 fully saturated rings. The standard InChI is InChI=1S/C13H13N3O/c1-9-12(13(17)16(2)15-9)7-10-3-5-11(8-14)6-4-10/h3-6,17H,7H2,1-2H3. The van der Waals surface area contributed by atoms with E-state index < -0.39 is 0 Å². The zero-order valence-corrected chi connectivity index (χ0v) is 9.81. The molecule has 0 aliphatic rings. The molecule has 1 N–H and O–H groups in total. The molecule has 0 bridgehead atoms. The molecule has 4 nitrogen and oxygen atoms in total. The van der Waals surface area contributed by atoms with Crippen LogP contribution in [0.4, 0.5) is 0 Å². The number of nitriles is 1.